The Morgan fingerprint density at radius 2 is 1.56 bits per heavy atom. The molecule has 0 aromatic rings. The lowest BCUT2D eigenvalue weighted by molar-refractivity contribution is -0.282. The quantitative estimate of drug-likeness (QED) is 0.139. The summed E-state index contributed by atoms with van der Waals surface area (Å²) in [6.07, 6.45) is -11.5. The zero-order valence-corrected chi connectivity index (χ0v) is 18.4. The minimum atomic E-state index is -1.68. The number of azide groups is 2. The molecule has 0 spiro atoms. The van der Waals surface area contributed by atoms with E-state index in [2.05, 4.69) is 20.1 Å². The zero-order valence-electron chi connectivity index (χ0n) is 18.4. The highest BCUT2D eigenvalue weighted by atomic mass is 16.7. The fourth-order valence-electron chi connectivity index (χ4n) is 3.47. The Hall–Kier alpha value is -3.17. The van der Waals surface area contributed by atoms with Gasteiger partial charge >= 0.3 is 17.9 Å². The number of ether oxygens (including phenoxy) is 6. The first kappa shape index (κ1) is 27.1. The van der Waals surface area contributed by atoms with Gasteiger partial charge in [-0.2, -0.15) is 0 Å². The summed E-state index contributed by atoms with van der Waals surface area (Å²) in [5.41, 5.74) is 17.6. The van der Waals surface area contributed by atoms with Crippen molar-refractivity contribution in [2.24, 2.45) is 10.2 Å². The van der Waals surface area contributed by atoms with E-state index in [0.29, 0.717) is 0 Å². The van der Waals surface area contributed by atoms with Crippen LogP contribution in [0.3, 0.4) is 0 Å². The van der Waals surface area contributed by atoms with Gasteiger partial charge in [-0.15, -0.1) is 0 Å². The predicted molar refractivity (Wildman–Crippen MR) is 105 cm³/mol. The van der Waals surface area contributed by atoms with E-state index in [4.69, 9.17) is 39.5 Å². The minimum Gasteiger partial charge on any atom is -0.463 e. The van der Waals surface area contributed by atoms with Crippen LogP contribution in [0.2, 0.25) is 0 Å². The summed E-state index contributed by atoms with van der Waals surface area (Å²) < 4.78 is 31.8. The van der Waals surface area contributed by atoms with E-state index in [-0.39, 0.29) is 0 Å². The second kappa shape index (κ2) is 12.3. The molecule has 2 unspecified atom stereocenters. The number of nitrogens with zero attached hydrogens (tertiary/aromatic N) is 6. The largest absolute Gasteiger partial charge is 0.463 e. The van der Waals surface area contributed by atoms with Crippen molar-refractivity contribution in [1.82, 2.24) is 0 Å². The van der Waals surface area contributed by atoms with Gasteiger partial charge < -0.3 is 38.6 Å². The second-order valence-electron chi connectivity index (χ2n) is 7.26. The van der Waals surface area contributed by atoms with Crippen molar-refractivity contribution in [2.45, 2.75) is 76.0 Å². The van der Waals surface area contributed by atoms with E-state index in [9.17, 15) is 24.6 Å². The lowest BCUT2D eigenvalue weighted by atomic mass is 9.96. The van der Waals surface area contributed by atoms with Crippen molar-refractivity contribution in [1.29, 1.82) is 0 Å². The van der Waals surface area contributed by atoms with E-state index < -0.39 is 86.3 Å². The SMILES string of the molecule is CC(=O)OC[C@H]1OC(O)[C@H](OC(C)=O)[C@@H]1O[C@H]1O[C@@H](CN=[N+]=[N-])[C@@H](O)[C@H](OC(C)=O)C1N=[N+]=[N-]. The number of esters is 3. The maximum absolute atomic E-state index is 11.6. The molecule has 17 nitrogen and oxygen atoms in total. The fourth-order valence-corrected chi connectivity index (χ4v) is 3.47. The van der Waals surface area contributed by atoms with Crippen molar-refractivity contribution in [3.05, 3.63) is 20.9 Å². The van der Waals surface area contributed by atoms with Crippen LogP contribution in [-0.4, -0.2) is 96.5 Å². The van der Waals surface area contributed by atoms with Crippen LogP contribution in [0.4, 0.5) is 0 Å². The molecule has 188 valence electrons. The molecule has 2 saturated heterocycles. The monoisotopic (exact) mass is 488 g/mol. The number of aliphatic hydroxyl groups is 2. The van der Waals surface area contributed by atoms with E-state index >= 15 is 0 Å². The van der Waals surface area contributed by atoms with Gasteiger partial charge in [0.1, 0.15) is 37.1 Å². The van der Waals surface area contributed by atoms with Crippen LogP contribution in [0, 0.1) is 0 Å². The molecular formula is C17H24N6O11. The zero-order chi connectivity index (χ0) is 25.4. The molecule has 0 aromatic heterocycles. The molecule has 0 bridgehead atoms. The molecule has 2 aliphatic heterocycles. The highest BCUT2D eigenvalue weighted by Gasteiger charge is 2.53. The molecule has 0 aliphatic carbocycles. The van der Waals surface area contributed by atoms with Crippen molar-refractivity contribution >= 4 is 17.9 Å². The molecule has 0 saturated carbocycles. The molecular weight excluding hydrogens is 464 g/mol. The maximum atomic E-state index is 11.6. The van der Waals surface area contributed by atoms with E-state index in [1.807, 2.05) is 0 Å². The number of hydrogen-bond donors (Lipinski definition) is 2. The van der Waals surface area contributed by atoms with Crippen molar-refractivity contribution < 1.29 is 53.0 Å². The van der Waals surface area contributed by atoms with Crippen molar-refractivity contribution in [3.63, 3.8) is 0 Å². The van der Waals surface area contributed by atoms with Crippen LogP contribution in [0.25, 0.3) is 20.9 Å². The Morgan fingerprint density at radius 1 is 0.912 bits per heavy atom. The third-order valence-corrected chi connectivity index (χ3v) is 4.78. The summed E-state index contributed by atoms with van der Waals surface area (Å²) in [7, 11) is 0. The normalized spacial score (nSPS) is 34.8. The summed E-state index contributed by atoms with van der Waals surface area (Å²) in [6, 6.07) is -1.46. The number of aliphatic hydroxyl groups excluding tert-OH is 2. The van der Waals surface area contributed by atoms with Gasteiger partial charge in [0.25, 0.3) is 0 Å². The molecule has 17 heteroatoms. The number of carbonyl (C=O) groups is 3. The van der Waals surface area contributed by atoms with Gasteiger partial charge in [0.05, 0.1) is 12.6 Å². The summed E-state index contributed by atoms with van der Waals surface area (Å²) in [5.74, 6) is -2.28. The van der Waals surface area contributed by atoms with Crippen LogP contribution >= 0.6 is 0 Å². The molecule has 2 rings (SSSR count). The van der Waals surface area contributed by atoms with Gasteiger partial charge in [0.2, 0.25) is 0 Å². The molecule has 2 N–H and O–H groups in total. The highest BCUT2D eigenvalue weighted by Crippen LogP contribution is 2.33. The predicted octanol–water partition coefficient (Wildman–Crippen LogP) is -0.410. The van der Waals surface area contributed by atoms with Gasteiger partial charge in [-0.3, -0.25) is 14.4 Å². The van der Waals surface area contributed by atoms with E-state index in [1.165, 1.54) is 0 Å². The summed E-state index contributed by atoms with van der Waals surface area (Å²) in [5, 5.41) is 27.6. The molecule has 2 aliphatic rings. The molecule has 34 heavy (non-hydrogen) atoms. The summed E-state index contributed by atoms with van der Waals surface area (Å²) in [4.78, 5) is 39.6. The van der Waals surface area contributed by atoms with Crippen LogP contribution < -0.4 is 0 Å². The first-order valence-corrected chi connectivity index (χ1v) is 9.94. The Morgan fingerprint density at radius 3 is 2.12 bits per heavy atom. The lowest BCUT2D eigenvalue weighted by Gasteiger charge is -2.43. The van der Waals surface area contributed by atoms with Crippen LogP contribution in [0.15, 0.2) is 10.2 Å². The Bertz CT molecular complexity index is 861. The Kier molecular flexibility index (Phi) is 9.83. The molecule has 0 amide bonds. The van der Waals surface area contributed by atoms with E-state index in [0.717, 1.165) is 20.8 Å². The number of hydrogen-bond acceptors (Lipinski definition) is 13. The average molecular weight is 488 g/mol. The van der Waals surface area contributed by atoms with Crippen LogP contribution in [0.5, 0.6) is 0 Å². The molecule has 0 radical (unpaired) electrons. The van der Waals surface area contributed by atoms with Gasteiger partial charge in [0.15, 0.2) is 18.7 Å². The smallest absolute Gasteiger partial charge is 0.303 e. The van der Waals surface area contributed by atoms with Crippen LogP contribution in [0.1, 0.15) is 20.8 Å². The topological polar surface area (TPSA) is 245 Å². The number of carbonyl (C=O) groups excluding carboxylic acids is 3. The highest BCUT2D eigenvalue weighted by molar-refractivity contribution is 5.67. The summed E-state index contributed by atoms with van der Waals surface area (Å²) in [6.45, 7) is 2.45. The van der Waals surface area contributed by atoms with E-state index in [1.54, 1.807) is 0 Å². The third kappa shape index (κ3) is 6.91. The maximum Gasteiger partial charge on any atom is 0.303 e. The molecule has 9 atom stereocenters. The molecule has 0 aromatic carbocycles. The average Bonchev–Trinajstić information content (AvgIpc) is 3.03. The second-order valence-corrected chi connectivity index (χ2v) is 7.26. The van der Waals surface area contributed by atoms with Gasteiger partial charge in [0, 0.05) is 30.6 Å². The minimum absolute atomic E-state index is 0.410. The third-order valence-electron chi connectivity index (χ3n) is 4.78. The Labute approximate surface area is 192 Å². The van der Waals surface area contributed by atoms with Gasteiger partial charge in [-0.1, -0.05) is 10.2 Å². The van der Waals surface area contributed by atoms with Crippen LogP contribution in [-0.2, 0) is 42.8 Å². The summed E-state index contributed by atoms with van der Waals surface area (Å²) >= 11 is 0. The molecule has 2 fully saturated rings. The molecule has 2 heterocycles. The first-order chi connectivity index (χ1) is 16.1. The standard InChI is InChI=1S/C17H24N6O11/c1-6(24)29-5-10-13(15(16(28)32-10)31-8(3)26)34-17-11(21-23-19)14(30-7(2)25)12(27)9(33-17)4-20-22-18/h9-17,27-28H,4-5H2,1-3H3/t9-,10+,11?,12+,13+,14+,15+,16?,17+/m0/s1. The lowest BCUT2D eigenvalue weighted by Crippen LogP contribution is -2.61. The fraction of sp³-hybridized carbons (Fsp3) is 0.824. The van der Waals surface area contributed by atoms with Gasteiger partial charge in [-0.05, 0) is 11.1 Å². The van der Waals surface area contributed by atoms with Gasteiger partial charge in [-0.25, -0.2) is 0 Å². The Balaban J connectivity index is 2.40. The number of rotatable bonds is 9. The van der Waals surface area contributed by atoms with Crippen molar-refractivity contribution in [3.8, 4) is 0 Å². The first-order valence-electron chi connectivity index (χ1n) is 9.94. The van der Waals surface area contributed by atoms with Crippen molar-refractivity contribution in [2.75, 3.05) is 13.2 Å².